The number of ketones is 1. The average molecular weight is 402 g/mol. The molecule has 0 radical (unpaired) electrons. The van der Waals surface area contributed by atoms with Crippen molar-refractivity contribution in [1.29, 1.82) is 0 Å². The van der Waals surface area contributed by atoms with Crippen LogP contribution in [-0.2, 0) is 11.3 Å². The van der Waals surface area contributed by atoms with E-state index in [0.29, 0.717) is 0 Å². The van der Waals surface area contributed by atoms with Gasteiger partial charge < -0.3 is 5.32 Å². The van der Waals surface area contributed by atoms with E-state index in [1.807, 2.05) is 60.8 Å². The molecule has 1 aromatic heterocycles. The first-order chi connectivity index (χ1) is 14.6. The third-order valence-corrected chi connectivity index (χ3v) is 5.50. The predicted octanol–water partition coefficient (Wildman–Crippen LogP) is 3.93. The van der Waals surface area contributed by atoms with E-state index >= 15 is 0 Å². The molecule has 2 heterocycles. The largest absolute Gasteiger partial charge is 0.326 e. The maximum absolute atomic E-state index is 12.9. The summed E-state index contributed by atoms with van der Waals surface area (Å²) in [4.78, 5) is 26.8. The molecule has 1 atom stereocenters. The van der Waals surface area contributed by atoms with Crippen LogP contribution >= 0.6 is 0 Å². The first kappa shape index (κ1) is 20.0. The van der Waals surface area contributed by atoms with Gasteiger partial charge in [-0.15, -0.1) is 0 Å². The molecule has 6 nitrogen and oxygen atoms in total. The highest BCUT2D eigenvalue weighted by Crippen LogP contribution is 2.22. The van der Waals surface area contributed by atoms with Crippen LogP contribution in [0.4, 0.5) is 5.69 Å². The molecule has 0 aliphatic carbocycles. The van der Waals surface area contributed by atoms with Crippen molar-refractivity contribution in [2.75, 3.05) is 18.4 Å². The zero-order valence-corrected chi connectivity index (χ0v) is 17.1. The fraction of sp³-hybridized carbons (Fsp3) is 0.292. The van der Waals surface area contributed by atoms with Crippen molar-refractivity contribution in [3.8, 4) is 5.69 Å². The van der Waals surface area contributed by atoms with Crippen molar-refractivity contribution < 1.29 is 9.59 Å². The highest BCUT2D eigenvalue weighted by atomic mass is 16.2. The Labute approximate surface area is 176 Å². The van der Waals surface area contributed by atoms with E-state index in [9.17, 15) is 9.59 Å². The second-order valence-corrected chi connectivity index (χ2v) is 7.82. The SMILES string of the molecule is CC(=O)c1cccc(CN2CCC[C@H](C(=O)Nc3cccc(-n4cccn4)c3)C2)c1. The summed E-state index contributed by atoms with van der Waals surface area (Å²) in [7, 11) is 0. The maximum atomic E-state index is 12.9. The van der Waals surface area contributed by atoms with E-state index in [-0.39, 0.29) is 17.6 Å². The summed E-state index contributed by atoms with van der Waals surface area (Å²) in [6.07, 6.45) is 5.47. The summed E-state index contributed by atoms with van der Waals surface area (Å²) in [5, 5.41) is 7.31. The number of nitrogens with zero attached hydrogens (tertiary/aromatic N) is 3. The number of hydrogen-bond donors (Lipinski definition) is 1. The third kappa shape index (κ3) is 4.83. The van der Waals surface area contributed by atoms with Gasteiger partial charge in [-0.1, -0.05) is 24.3 Å². The van der Waals surface area contributed by atoms with Crippen LogP contribution in [0.3, 0.4) is 0 Å². The van der Waals surface area contributed by atoms with Crippen LogP contribution in [0.1, 0.15) is 35.7 Å². The molecular weight excluding hydrogens is 376 g/mol. The molecule has 1 saturated heterocycles. The molecule has 1 fully saturated rings. The maximum Gasteiger partial charge on any atom is 0.228 e. The summed E-state index contributed by atoms with van der Waals surface area (Å²) in [6, 6.07) is 17.3. The first-order valence-electron chi connectivity index (χ1n) is 10.3. The number of piperidine rings is 1. The standard InChI is InChI=1S/C24H26N4O2/c1-18(29)20-7-2-6-19(14-20)16-27-12-4-8-21(17-27)24(30)26-22-9-3-10-23(15-22)28-13-5-11-25-28/h2-3,5-7,9-11,13-15,21H,4,8,12,16-17H2,1H3,(H,26,30)/t21-/m0/s1. The van der Waals surface area contributed by atoms with Gasteiger partial charge in [-0.2, -0.15) is 5.10 Å². The molecule has 1 N–H and O–H groups in total. The van der Waals surface area contributed by atoms with Crippen LogP contribution in [0.2, 0.25) is 0 Å². The number of benzene rings is 2. The van der Waals surface area contributed by atoms with E-state index in [2.05, 4.69) is 15.3 Å². The van der Waals surface area contributed by atoms with Crippen LogP contribution in [0.25, 0.3) is 5.69 Å². The molecule has 0 saturated carbocycles. The number of carbonyl (C=O) groups is 2. The van der Waals surface area contributed by atoms with Crippen molar-refractivity contribution in [2.24, 2.45) is 5.92 Å². The van der Waals surface area contributed by atoms with Crippen LogP contribution in [0.5, 0.6) is 0 Å². The molecular formula is C24H26N4O2. The number of hydrogen-bond acceptors (Lipinski definition) is 4. The fourth-order valence-corrected chi connectivity index (χ4v) is 3.95. The number of aromatic nitrogens is 2. The lowest BCUT2D eigenvalue weighted by molar-refractivity contribution is -0.121. The molecule has 1 amide bonds. The molecule has 6 heteroatoms. The van der Waals surface area contributed by atoms with Crippen molar-refractivity contribution >= 4 is 17.4 Å². The van der Waals surface area contributed by atoms with Gasteiger partial charge in [0, 0.05) is 36.7 Å². The minimum Gasteiger partial charge on any atom is -0.326 e. The summed E-state index contributed by atoms with van der Waals surface area (Å²) < 4.78 is 1.77. The minimum atomic E-state index is -0.0527. The number of nitrogens with one attached hydrogen (secondary N) is 1. The summed E-state index contributed by atoms with van der Waals surface area (Å²) in [5.74, 6) is 0.0722. The molecule has 0 spiro atoms. The number of Topliss-reactive ketones (excluding diaryl/α,β-unsaturated/α-hetero) is 1. The Morgan fingerprint density at radius 1 is 1.13 bits per heavy atom. The van der Waals surface area contributed by atoms with E-state index in [1.165, 1.54) is 0 Å². The van der Waals surface area contributed by atoms with Gasteiger partial charge in [-0.05, 0) is 62.2 Å². The van der Waals surface area contributed by atoms with Gasteiger partial charge in [-0.25, -0.2) is 4.68 Å². The van der Waals surface area contributed by atoms with E-state index in [0.717, 1.165) is 55.0 Å². The lowest BCUT2D eigenvalue weighted by atomic mass is 9.96. The number of rotatable bonds is 6. The molecule has 2 aromatic carbocycles. The first-order valence-corrected chi connectivity index (χ1v) is 10.3. The highest BCUT2D eigenvalue weighted by molar-refractivity contribution is 5.94. The van der Waals surface area contributed by atoms with Gasteiger partial charge >= 0.3 is 0 Å². The Morgan fingerprint density at radius 3 is 2.80 bits per heavy atom. The monoisotopic (exact) mass is 402 g/mol. The summed E-state index contributed by atoms with van der Waals surface area (Å²) in [6.45, 7) is 4.01. The fourth-order valence-electron chi connectivity index (χ4n) is 3.95. The normalized spacial score (nSPS) is 16.9. The van der Waals surface area contributed by atoms with Gasteiger partial charge in [0.05, 0.1) is 11.6 Å². The molecule has 0 unspecified atom stereocenters. The number of amides is 1. The average Bonchev–Trinajstić information content (AvgIpc) is 3.29. The van der Waals surface area contributed by atoms with Gasteiger partial charge in [-0.3, -0.25) is 14.5 Å². The van der Waals surface area contributed by atoms with Gasteiger partial charge in [0.1, 0.15) is 0 Å². The van der Waals surface area contributed by atoms with Crippen LogP contribution in [-0.4, -0.2) is 39.5 Å². The Balaban J connectivity index is 1.38. The van der Waals surface area contributed by atoms with Gasteiger partial charge in [0.15, 0.2) is 5.78 Å². The lowest BCUT2D eigenvalue weighted by Gasteiger charge is -2.32. The Morgan fingerprint density at radius 2 is 2.00 bits per heavy atom. The smallest absolute Gasteiger partial charge is 0.228 e. The van der Waals surface area contributed by atoms with Crippen LogP contribution < -0.4 is 5.32 Å². The van der Waals surface area contributed by atoms with E-state index in [4.69, 9.17) is 0 Å². The number of anilines is 1. The summed E-state index contributed by atoms with van der Waals surface area (Å²) >= 11 is 0. The molecule has 154 valence electrons. The third-order valence-electron chi connectivity index (χ3n) is 5.50. The second kappa shape index (κ2) is 9.05. The Hall–Kier alpha value is -3.25. The number of likely N-dealkylation sites (tertiary alicyclic amines) is 1. The van der Waals surface area contributed by atoms with Gasteiger partial charge in [0.2, 0.25) is 5.91 Å². The number of carbonyl (C=O) groups excluding carboxylic acids is 2. The topological polar surface area (TPSA) is 67.2 Å². The Kier molecular flexibility index (Phi) is 6.05. The zero-order chi connectivity index (χ0) is 20.9. The van der Waals surface area contributed by atoms with Gasteiger partial charge in [0.25, 0.3) is 0 Å². The zero-order valence-electron chi connectivity index (χ0n) is 17.1. The Bertz CT molecular complexity index is 1030. The second-order valence-electron chi connectivity index (χ2n) is 7.82. The van der Waals surface area contributed by atoms with Crippen molar-refractivity contribution in [3.63, 3.8) is 0 Å². The van der Waals surface area contributed by atoms with E-state index in [1.54, 1.807) is 17.8 Å². The molecule has 30 heavy (non-hydrogen) atoms. The summed E-state index contributed by atoms with van der Waals surface area (Å²) in [5.41, 5.74) is 3.53. The predicted molar refractivity (Wildman–Crippen MR) is 117 cm³/mol. The minimum absolute atomic E-state index is 0.0507. The van der Waals surface area contributed by atoms with Crippen molar-refractivity contribution in [2.45, 2.75) is 26.3 Å². The van der Waals surface area contributed by atoms with Crippen molar-refractivity contribution in [1.82, 2.24) is 14.7 Å². The molecule has 1 aliphatic rings. The molecule has 1 aliphatic heterocycles. The lowest BCUT2D eigenvalue weighted by Crippen LogP contribution is -2.40. The molecule has 3 aromatic rings. The van der Waals surface area contributed by atoms with Crippen molar-refractivity contribution in [3.05, 3.63) is 78.1 Å². The van der Waals surface area contributed by atoms with E-state index < -0.39 is 0 Å². The van der Waals surface area contributed by atoms with Crippen LogP contribution in [0.15, 0.2) is 67.0 Å². The highest BCUT2D eigenvalue weighted by Gasteiger charge is 2.26. The van der Waals surface area contributed by atoms with Crippen LogP contribution in [0, 0.1) is 5.92 Å². The molecule has 4 rings (SSSR count). The molecule has 0 bridgehead atoms. The quantitative estimate of drug-likeness (QED) is 0.635.